The second-order valence-electron chi connectivity index (χ2n) is 6.47. The number of hydrogen-bond donors (Lipinski definition) is 0. The number of carbonyl (C=O) groups is 1. The molecule has 1 saturated heterocycles. The fourth-order valence-electron chi connectivity index (χ4n) is 3.08. The largest absolute Gasteiger partial charge is 0.489 e. The molecule has 1 amide bonds. The first-order valence-corrected chi connectivity index (χ1v) is 10.3. The van der Waals surface area contributed by atoms with Crippen LogP contribution in [0.2, 0.25) is 0 Å². The molecule has 0 unspecified atom stereocenters. The number of ether oxygens (including phenoxy) is 1. The van der Waals surface area contributed by atoms with Crippen molar-refractivity contribution in [1.82, 2.24) is 4.90 Å². The molecule has 0 aromatic heterocycles. The fourth-order valence-corrected chi connectivity index (χ4v) is 4.46. The number of hydrogen-bond acceptors (Lipinski definition) is 4. The molecule has 0 spiro atoms. The van der Waals surface area contributed by atoms with Gasteiger partial charge >= 0.3 is 0 Å². The van der Waals surface area contributed by atoms with Crippen molar-refractivity contribution in [2.24, 2.45) is 0 Å². The van der Waals surface area contributed by atoms with Crippen LogP contribution in [0.4, 0.5) is 0 Å². The molecule has 3 nitrogen and oxygen atoms in total. The lowest BCUT2D eigenvalue weighted by atomic mass is 10.1. The van der Waals surface area contributed by atoms with Gasteiger partial charge in [0.25, 0.3) is 5.91 Å². The van der Waals surface area contributed by atoms with Crippen LogP contribution in [0, 0.1) is 0 Å². The van der Waals surface area contributed by atoms with Crippen LogP contribution in [-0.2, 0) is 11.4 Å². The van der Waals surface area contributed by atoms with Gasteiger partial charge in [0, 0.05) is 6.54 Å². The molecule has 0 radical (unpaired) electrons. The predicted octanol–water partition coefficient (Wildman–Crippen LogP) is 5.64. The molecule has 28 heavy (non-hydrogen) atoms. The van der Waals surface area contributed by atoms with E-state index in [9.17, 15) is 4.79 Å². The minimum atomic E-state index is -0.0193. The number of amides is 1. The Kier molecular flexibility index (Phi) is 5.46. The summed E-state index contributed by atoms with van der Waals surface area (Å²) in [6.45, 7) is 3.04. The van der Waals surface area contributed by atoms with E-state index < -0.39 is 0 Å². The number of benzene rings is 3. The highest BCUT2D eigenvalue weighted by Crippen LogP contribution is 2.32. The summed E-state index contributed by atoms with van der Waals surface area (Å²) in [5.41, 5.74) is 2.08. The molecule has 1 heterocycles. The molecule has 3 aromatic carbocycles. The Hall–Kier alpha value is -2.63. The summed E-state index contributed by atoms with van der Waals surface area (Å²) < 4.78 is 6.54. The molecule has 3 aromatic rings. The van der Waals surface area contributed by atoms with Crippen molar-refractivity contribution in [3.63, 3.8) is 0 Å². The van der Waals surface area contributed by atoms with Crippen LogP contribution in [-0.4, -0.2) is 21.7 Å². The Morgan fingerprint density at radius 2 is 1.79 bits per heavy atom. The summed E-state index contributed by atoms with van der Waals surface area (Å²) in [6.07, 6.45) is 1.88. The van der Waals surface area contributed by atoms with Crippen molar-refractivity contribution >= 4 is 51.1 Å². The maximum absolute atomic E-state index is 12.3. The first-order chi connectivity index (χ1) is 13.6. The highest BCUT2D eigenvalue weighted by atomic mass is 32.2. The van der Waals surface area contributed by atoms with E-state index in [2.05, 4.69) is 30.3 Å². The summed E-state index contributed by atoms with van der Waals surface area (Å²) in [7, 11) is 0. The summed E-state index contributed by atoms with van der Waals surface area (Å²) in [4.78, 5) is 14.6. The lowest BCUT2D eigenvalue weighted by Gasteiger charge is -2.09. The molecule has 0 N–H and O–H groups in total. The zero-order valence-electron chi connectivity index (χ0n) is 15.4. The number of thiocarbonyl (C=S) groups is 1. The van der Waals surface area contributed by atoms with Gasteiger partial charge in [0.2, 0.25) is 0 Å². The maximum Gasteiger partial charge on any atom is 0.266 e. The monoisotopic (exact) mass is 405 g/mol. The van der Waals surface area contributed by atoms with Crippen molar-refractivity contribution in [3.05, 3.63) is 82.8 Å². The molecule has 0 aliphatic carbocycles. The summed E-state index contributed by atoms with van der Waals surface area (Å²) in [6, 6.07) is 22.4. The highest BCUT2D eigenvalue weighted by Gasteiger charge is 2.30. The van der Waals surface area contributed by atoms with Crippen molar-refractivity contribution in [1.29, 1.82) is 0 Å². The van der Waals surface area contributed by atoms with Gasteiger partial charge in [-0.3, -0.25) is 9.69 Å². The van der Waals surface area contributed by atoms with Crippen molar-refractivity contribution in [3.8, 4) is 5.75 Å². The van der Waals surface area contributed by atoms with Crippen molar-refractivity contribution in [2.75, 3.05) is 6.54 Å². The van der Waals surface area contributed by atoms with Gasteiger partial charge in [-0.05, 0) is 53.1 Å². The number of thioether (sulfide) groups is 1. The van der Waals surface area contributed by atoms with Crippen LogP contribution < -0.4 is 4.74 Å². The van der Waals surface area contributed by atoms with Crippen LogP contribution in [0.5, 0.6) is 5.75 Å². The minimum absolute atomic E-state index is 0.0193. The van der Waals surface area contributed by atoms with E-state index in [0.29, 0.717) is 22.4 Å². The smallest absolute Gasteiger partial charge is 0.266 e. The quantitative estimate of drug-likeness (QED) is 0.406. The van der Waals surface area contributed by atoms with E-state index in [1.165, 1.54) is 22.5 Å². The Bertz CT molecular complexity index is 1070. The van der Waals surface area contributed by atoms with E-state index in [4.69, 9.17) is 17.0 Å². The molecule has 4 rings (SSSR count). The van der Waals surface area contributed by atoms with Gasteiger partial charge in [-0.2, -0.15) is 0 Å². The number of nitrogens with zero attached hydrogens (tertiary/aromatic N) is 1. The summed E-state index contributed by atoms with van der Waals surface area (Å²) in [5.74, 6) is 0.778. The molecular formula is C23H19NO2S2. The summed E-state index contributed by atoms with van der Waals surface area (Å²) >= 11 is 6.60. The van der Waals surface area contributed by atoms with E-state index in [1.807, 2.05) is 49.4 Å². The van der Waals surface area contributed by atoms with Crippen molar-refractivity contribution in [2.45, 2.75) is 13.5 Å². The molecule has 0 saturated carbocycles. The molecular weight excluding hydrogens is 386 g/mol. The Morgan fingerprint density at radius 1 is 1.04 bits per heavy atom. The Labute approximate surface area is 174 Å². The zero-order chi connectivity index (χ0) is 19.5. The van der Waals surface area contributed by atoms with E-state index >= 15 is 0 Å². The summed E-state index contributed by atoms with van der Waals surface area (Å²) in [5, 5.41) is 2.44. The lowest BCUT2D eigenvalue weighted by molar-refractivity contribution is -0.121. The van der Waals surface area contributed by atoms with Gasteiger partial charge < -0.3 is 4.74 Å². The number of likely N-dealkylation sites (N-methyl/N-ethyl adjacent to an activating group) is 1. The maximum atomic E-state index is 12.3. The molecule has 1 aliphatic rings. The SMILES string of the molecule is CCN1C(=O)/C(=C\c2ccc(OCc3ccc4ccccc4c3)cc2)SC1=S. The van der Waals surface area contributed by atoms with E-state index in [-0.39, 0.29) is 5.91 Å². The van der Waals surface area contributed by atoms with Crippen molar-refractivity contribution < 1.29 is 9.53 Å². The fraction of sp³-hybridized carbons (Fsp3) is 0.130. The van der Waals surface area contributed by atoms with Crippen LogP contribution in [0.25, 0.3) is 16.8 Å². The molecule has 0 atom stereocenters. The third-order valence-corrected chi connectivity index (χ3v) is 5.96. The molecule has 0 bridgehead atoms. The minimum Gasteiger partial charge on any atom is -0.489 e. The third kappa shape index (κ3) is 3.96. The van der Waals surface area contributed by atoms with Gasteiger partial charge in [0.05, 0.1) is 4.91 Å². The van der Waals surface area contributed by atoms with Crippen LogP contribution in [0.1, 0.15) is 18.1 Å². The molecule has 1 fully saturated rings. The Morgan fingerprint density at radius 3 is 2.50 bits per heavy atom. The standard InChI is InChI=1S/C23H19NO2S2/c1-2-24-22(25)21(28-23(24)27)14-16-8-11-20(12-9-16)26-15-17-7-10-18-5-3-4-6-19(18)13-17/h3-14H,2,15H2,1H3/b21-14+. The second kappa shape index (κ2) is 8.17. The molecule has 1 aliphatic heterocycles. The van der Waals surface area contributed by atoms with Crippen LogP contribution >= 0.6 is 24.0 Å². The highest BCUT2D eigenvalue weighted by molar-refractivity contribution is 8.26. The average Bonchev–Trinajstić information content (AvgIpc) is 2.99. The zero-order valence-corrected chi connectivity index (χ0v) is 17.1. The lowest BCUT2D eigenvalue weighted by Crippen LogP contribution is -2.27. The number of carbonyl (C=O) groups excluding carboxylic acids is 1. The topological polar surface area (TPSA) is 29.5 Å². The van der Waals surface area contributed by atoms with Gasteiger partial charge in [-0.1, -0.05) is 72.5 Å². The van der Waals surface area contributed by atoms with Gasteiger partial charge in [-0.25, -0.2) is 0 Å². The average molecular weight is 406 g/mol. The van der Waals surface area contributed by atoms with E-state index in [1.54, 1.807) is 4.90 Å². The third-order valence-electron chi connectivity index (χ3n) is 4.59. The molecule has 5 heteroatoms. The number of fused-ring (bicyclic) bond motifs is 1. The Balaban J connectivity index is 1.42. The molecule has 140 valence electrons. The first kappa shape index (κ1) is 18.7. The second-order valence-corrected chi connectivity index (χ2v) is 8.14. The van der Waals surface area contributed by atoms with Crippen LogP contribution in [0.15, 0.2) is 71.6 Å². The normalized spacial score (nSPS) is 15.6. The van der Waals surface area contributed by atoms with Gasteiger partial charge in [0.1, 0.15) is 16.7 Å². The van der Waals surface area contributed by atoms with E-state index in [0.717, 1.165) is 16.9 Å². The number of rotatable bonds is 5. The predicted molar refractivity (Wildman–Crippen MR) is 120 cm³/mol. The van der Waals surface area contributed by atoms with Gasteiger partial charge in [0.15, 0.2) is 0 Å². The van der Waals surface area contributed by atoms with Gasteiger partial charge in [-0.15, -0.1) is 0 Å². The van der Waals surface area contributed by atoms with Crippen LogP contribution in [0.3, 0.4) is 0 Å². The first-order valence-electron chi connectivity index (χ1n) is 9.10.